The molecular weight excluding hydrogens is 222 g/mol. The number of amides is 1. The van der Waals surface area contributed by atoms with E-state index in [4.69, 9.17) is 4.74 Å². The van der Waals surface area contributed by atoms with Crippen LogP contribution in [0.25, 0.3) is 6.08 Å². The van der Waals surface area contributed by atoms with Crippen LogP contribution in [0.3, 0.4) is 0 Å². The van der Waals surface area contributed by atoms with E-state index in [1.807, 2.05) is 30.5 Å². The fourth-order valence-corrected chi connectivity index (χ4v) is 1.75. The Kier molecular flexibility index (Phi) is 6.53. The lowest BCUT2D eigenvalue weighted by Crippen LogP contribution is -2.23. The first kappa shape index (κ1) is 12.9. The Morgan fingerprint density at radius 3 is 3.19 bits per heavy atom. The van der Waals surface area contributed by atoms with Gasteiger partial charge in [-0.1, -0.05) is 6.07 Å². The lowest BCUT2D eigenvalue weighted by atomic mass is 10.4. The molecule has 1 rings (SSSR count). The Morgan fingerprint density at radius 2 is 2.50 bits per heavy atom. The van der Waals surface area contributed by atoms with Gasteiger partial charge in [-0.2, -0.15) is 0 Å². The zero-order valence-corrected chi connectivity index (χ0v) is 10.3. The van der Waals surface area contributed by atoms with E-state index < -0.39 is 0 Å². The zero-order chi connectivity index (χ0) is 11.6. The first-order valence-corrected chi connectivity index (χ1v) is 6.28. The molecule has 16 heavy (non-hydrogen) atoms. The van der Waals surface area contributed by atoms with Crippen molar-refractivity contribution < 1.29 is 9.53 Å². The Hall–Kier alpha value is -1.13. The Labute approximate surface area is 100 Å². The van der Waals surface area contributed by atoms with E-state index in [2.05, 4.69) is 5.32 Å². The molecular formula is C12H17NO2S. The topological polar surface area (TPSA) is 38.3 Å². The molecule has 0 fully saturated rings. The van der Waals surface area contributed by atoms with Crippen LogP contribution in [-0.2, 0) is 9.53 Å². The number of carbonyl (C=O) groups is 1. The molecule has 3 nitrogen and oxygen atoms in total. The second-order valence-corrected chi connectivity index (χ2v) is 4.17. The maximum Gasteiger partial charge on any atom is 0.244 e. The summed E-state index contributed by atoms with van der Waals surface area (Å²) in [5.41, 5.74) is 0. The van der Waals surface area contributed by atoms with Gasteiger partial charge in [0.1, 0.15) is 0 Å². The number of nitrogens with one attached hydrogen (secondary N) is 1. The molecule has 0 aromatic carbocycles. The van der Waals surface area contributed by atoms with Gasteiger partial charge in [0.05, 0.1) is 0 Å². The van der Waals surface area contributed by atoms with Crippen molar-refractivity contribution in [3.05, 3.63) is 28.5 Å². The quantitative estimate of drug-likeness (QED) is 0.585. The van der Waals surface area contributed by atoms with Crippen molar-refractivity contribution >= 4 is 23.3 Å². The standard InChI is InChI=1S/C12H17NO2S/c1-2-15-9-4-8-13-12(14)7-6-11-5-3-10-16-11/h3,5-7,10H,2,4,8-9H2,1H3,(H,13,14)/b7-6+. The summed E-state index contributed by atoms with van der Waals surface area (Å²) in [5.74, 6) is -0.0510. The largest absolute Gasteiger partial charge is 0.382 e. The molecule has 1 aromatic heterocycles. The van der Waals surface area contributed by atoms with Crippen LogP contribution in [0.1, 0.15) is 18.2 Å². The highest BCUT2D eigenvalue weighted by atomic mass is 32.1. The van der Waals surface area contributed by atoms with E-state index >= 15 is 0 Å². The second kappa shape index (κ2) is 8.07. The third kappa shape index (κ3) is 5.68. The Morgan fingerprint density at radius 1 is 1.62 bits per heavy atom. The first-order chi connectivity index (χ1) is 7.83. The second-order valence-electron chi connectivity index (χ2n) is 3.19. The molecule has 88 valence electrons. The molecule has 1 N–H and O–H groups in total. The fourth-order valence-electron chi connectivity index (χ4n) is 1.13. The van der Waals surface area contributed by atoms with Crippen molar-refractivity contribution in [2.24, 2.45) is 0 Å². The number of hydrogen-bond acceptors (Lipinski definition) is 3. The van der Waals surface area contributed by atoms with Gasteiger partial charge in [0.15, 0.2) is 0 Å². The van der Waals surface area contributed by atoms with Crippen molar-refractivity contribution in [1.29, 1.82) is 0 Å². The highest BCUT2D eigenvalue weighted by molar-refractivity contribution is 7.10. The maximum atomic E-state index is 11.3. The van der Waals surface area contributed by atoms with Crippen molar-refractivity contribution in [1.82, 2.24) is 5.32 Å². The van der Waals surface area contributed by atoms with Gasteiger partial charge in [-0.15, -0.1) is 11.3 Å². The molecule has 0 saturated carbocycles. The predicted molar refractivity (Wildman–Crippen MR) is 67.5 cm³/mol. The summed E-state index contributed by atoms with van der Waals surface area (Å²) >= 11 is 1.61. The van der Waals surface area contributed by atoms with Gasteiger partial charge in [0.25, 0.3) is 0 Å². The van der Waals surface area contributed by atoms with Crippen LogP contribution in [0.4, 0.5) is 0 Å². The van der Waals surface area contributed by atoms with Gasteiger partial charge in [-0.3, -0.25) is 4.79 Å². The number of hydrogen-bond donors (Lipinski definition) is 1. The molecule has 0 spiro atoms. The van der Waals surface area contributed by atoms with Crippen LogP contribution in [0.15, 0.2) is 23.6 Å². The third-order valence-corrected chi connectivity index (χ3v) is 2.75. The number of thiophene rings is 1. The molecule has 1 aromatic rings. The van der Waals surface area contributed by atoms with Crippen molar-refractivity contribution in [2.45, 2.75) is 13.3 Å². The summed E-state index contributed by atoms with van der Waals surface area (Å²) in [5, 5.41) is 4.79. The van der Waals surface area contributed by atoms with Crippen LogP contribution in [0, 0.1) is 0 Å². The number of ether oxygens (including phenoxy) is 1. The monoisotopic (exact) mass is 239 g/mol. The molecule has 1 heterocycles. The van der Waals surface area contributed by atoms with Crippen molar-refractivity contribution in [3.8, 4) is 0 Å². The lowest BCUT2D eigenvalue weighted by Gasteiger charge is -2.01. The normalized spacial score (nSPS) is 10.8. The van der Waals surface area contributed by atoms with Gasteiger partial charge in [-0.05, 0) is 30.9 Å². The molecule has 0 atom stereocenters. The molecule has 0 aliphatic rings. The molecule has 0 bridgehead atoms. The minimum Gasteiger partial charge on any atom is -0.382 e. The summed E-state index contributed by atoms with van der Waals surface area (Å²) in [6.07, 6.45) is 4.24. The average molecular weight is 239 g/mol. The van der Waals surface area contributed by atoms with Crippen LogP contribution in [0.5, 0.6) is 0 Å². The van der Waals surface area contributed by atoms with Gasteiger partial charge >= 0.3 is 0 Å². The summed E-state index contributed by atoms with van der Waals surface area (Å²) in [6.45, 7) is 4.05. The average Bonchev–Trinajstić information content (AvgIpc) is 2.79. The van der Waals surface area contributed by atoms with Crippen LogP contribution >= 0.6 is 11.3 Å². The summed E-state index contributed by atoms with van der Waals surface area (Å²) in [4.78, 5) is 12.4. The highest BCUT2D eigenvalue weighted by Crippen LogP contribution is 2.09. The van der Waals surface area contributed by atoms with Gasteiger partial charge in [0, 0.05) is 30.7 Å². The minimum absolute atomic E-state index is 0.0510. The first-order valence-electron chi connectivity index (χ1n) is 5.40. The fraction of sp³-hybridized carbons (Fsp3) is 0.417. The molecule has 0 radical (unpaired) electrons. The highest BCUT2D eigenvalue weighted by Gasteiger charge is 1.94. The zero-order valence-electron chi connectivity index (χ0n) is 9.44. The van der Waals surface area contributed by atoms with E-state index in [0.29, 0.717) is 13.2 Å². The van der Waals surface area contributed by atoms with E-state index in [1.54, 1.807) is 17.4 Å². The van der Waals surface area contributed by atoms with Gasteiger partial charge in [-0.25, -0.2) is 0 Å². The predicted octanol–water partition coefficient (Wildman–Crippen LogP) is 2.30. The van der Waals surface area contributed by atoms with Crippen LogP contribution in [0.2, 0.25) is 0 Å². The number of carbonyl (C=O) groups excluding carboxylic acids is 1. The third-order valence-electron chi connectivity index (χ3n) is 1.91. The lowest BCUT2D eigenvalue weighted by molar-refractivity contribution is -0.116. The molecule has 0 unspecified atom stereocenters. The van der Waals surface area contributed by atoms with E-state index in [1.165, 1.54) is 0 Å². The van der Waals surface area contributed by atoms with Crippen LogP contribution in [-0.4, -0.2) is 25.7 Å². The van der Waals surface area contributed by atoms with E-state index in [-0.39, 0.29) is 5.91 Å². The van der Waals surface area contributed by atoms with Crippen molar-refractivity contribution in [3.63, 3.8) is 0 Å². The molecule has 0 aliphatic carbocycles. The van der Waals surface area contributed by atoms with E-state index in [0.717, 1.165) is 17.9 Å². The minimum atomic E-state index is -0.0510. The smallest absolute Gasteiger partial charge is 0.244 e. The Balaban J connectivity index is 2.11. The SMILES string of the molecule is CCOCCCNC(=O)/C=C/c1cccs1. The van der Waals surface area contributed by atoms with Crippen LogP contribution < -0.4 is 5.32 Å². The summed E-state index contributed by atoms with van der Waals surface area (Å²) < 4.78 is 5.17. The molecule has 0 saturated heterocycles. The molecule has 0 aliphatic heterocycles. The molecule has 4 heteroatoms. The summed E-state index contributed by atoms with van der Waals surface area (Å²) in [6, 6.07) is 3.94. The maximum absolute atomic E-state index is 11.3. The van der Waals surface area contributed by atoms with Gasteiger partial charge < -0.3 is 10.1 Å². The number of rotatable bonds is 7. The summed E-state index contributed by atoms with van der Waals surface area (Å²) in [7, 11) is 0. The Bertz CT molecular complexity index is 320. The molecule has 1 amide bonds. The van der Waals surface area contributed by atoms with Gasteiger partial charge in [0.2, 0.25) is 5.91 Å². The van der Waals surface area contributed by atoms with Crippen molar-refractivity contribution in [2.75, 3.05) is 19.8 Å². The van der Waals surface area contributed by atoms with E-state index in [9.17, 15) is 4.79 Å².